The molecule has 4 rings (SSSR count). The highest BCUT2D eigenvalue weighted by molar-refractivity contribution is 8.18. The second kappa shape index (κ2) is 12.5. The molecule has 1 aliphatic heterocycles. The lowest BCUT2D eigenvalue weighted by Gasteiger charge is -2.15. The highest BCUT2D eigenvalue weighted by Gasteiger charge is 2.24. The molecule has 2 N–H and O–H groups in total. The number of hydrogen-bond donors (Lipinski definition) is 2. The second-order valence-corrected chi connectivity index (χ2v) is 9.40. The van der Waals surface area contributed by atoms with Crippen LogP contribution in [0, 0.1) is 0 Å². The molecular formula is C28H25ClN2O6S. The molecule has 38 heavy (non-hydrogen) atoms. The molecule has 1 amide bonds. The zero-order chi connectivity index (χ0) is 27.1. The van der Waals surface area contributed by atoms with Gasteiger partial charge in [-0.3, -0.25) is 4.79 Å². The fraction of sp³-hybridized carbons (Fsp3) is 0.179. The van der Waals surface area contributed by atoms with Crippen LogP contribution < -0.4 is 19.5 Å². The van der Waals surface area contributed by atoms with Crippen LogP contribution in [0.3, 0.4) is 0 Å². The van der Waals surface area contributed by atoms with Crippen LogP contribution >= 0.6 is 23.4 Å². The summed E-state index contributed by atoms with van der Waals surface area (Å²) in [6.07, 6.45) is 1.71. The highest BCUT2D eigenvalue weighted by Crippen LogP contribution is 2.39. The summed E-state index contributed by atoms with van der Waals surface area (Å²) in [6.45, 7) is 4.90. The Bertz CT molecular complexity index is 1390. The van der Waals surface area contributed by atoms with Crippen molar-refractivity contribution >= 4 is 52.2 Å². The molecule has 3 aromatic rings. The van der Waals surface area contributed by atoms with Crippen LogP contribution in [-0.4, -0.2) is 35.4 Å². The number of carboxylic acids is 1. The third-order valence-electron chi connectivity index (χ3n) is 5.24. The Hall–Kier alpha value is -3.95. The quantitative estimate of drug-likeness (QED) is 0.284. The number of ether oxygens (including phenoxy) is 3. The Kier molecular flexibility index (Phi) is 8.93. The molecule has 196 valence electrons. The van der Waals surface area contributed by atoms with Crippen molar-refractivity contribution in [2.75, 3.05) is 13.2 Å². The summed E-state index contributed by atoms with van der Waals surface area (Å²) in [5, 5.41) is 12.6. The summed E-state index contributed by atoms with van der Waals surface area (Å²) in [4.78, 5) is 28.6. The van der Waals surface area contributed by atoms with Gasteiger partial charge in [0.15, 0.2) is 16.7 Å². The Morgan fingerprint density at radius 3 is 2.39 bits per heavy atom. The summed E-state index contributed by atoms with van der Waals surface area (Å²) in [6, 6.07) is 17.1. The minimum absolute atomic E-state index is 0.170. The molecule has 3 aromatic carbocycles. The normalized spacial score (nSPS) is 15.0. The number of amidine groups is 1. The number of nitrogens with one attached hydrogen (secondary N) is 1. The molecule has 1 aliphatic rings. The van der Waals surface area contributed by atoms with Crippen molar-refractivity contribution in [1.29, 1.82) is 0 Å². The first kappa shape index (κ1) is 27.1. The lowest BCUT2D eigenvalue weighted by Crippen LogP contribution is -2.19. The van der Waals surface area contributed by atoms with E-state index in [1.165, 1.54) is 23.9 Å². The van der Waals surface area contributed by atoms with Crippen molar-refractivity contribution < 1.29 is 28.9 Å². The summed E-state index contributed by atoms with van der Waals surface area (Å²) in [5.74, 6) is 0.289. The standard InChI is InChI=1S/C28H25ClN2O6S/c1-3-35-21-11-9-20(10-12-21)30-28-31-26(32)24(38-28)15-18-13-22(29)25(23(14-18)36-4-2)37-16-17-5-7-19(8-6-17)27(33)34/h5-15H,3-4,16H2,1-2H3,(H,33,34)(H,30,31,32)/b24-15+. The minimum Gasteiger partial charge on any atom is -0.494 e. The predicted octanol–water partition coefficient (Wildman–Crippen LogP) is 6.31. The molecule has 10 heteroatoms. The van der Waals surface area contributed by atoms with Crippen LogP contribution in [0.4, 0.5) is 5.69 Å². The minimum atomic E-state index is -0.993. The van der Waals surface area contributed by atoms with Gasteiger partial charge in [0, 0.05) is 0 Å². The van der Waals surface area contributed by atoms with Crippen LogP contribution in [0.5, 0.6) is 17.2 Å². The average molecular weight is 553 g/mol. The van der Waals surface area contributed by atoms with Crippen LogP contribution in [0.25, 0.3) is 6.08 Å². The number of thioether (sulfide) groups is 1. The fourth-order valence-electron chi connectivity index (χ4n) is 3.51. The zero-order valence-electron chi connectivity index (χ0n) is 20.7. The van der Waals surface area contributed by atoms with Gasteiger partial charge in [-0.15, -0.1) is 0 Å². The van der Waals surface area contributed by atoms with Gasteiger partial charge in [0.05, 0.1) is 34.4 Å². The zero-order valence-corrected chi connectivity index (χ0v) is 22.3. The molecule has 0 aromatic heterocycles. The van der Waals surface area contributed by atoms with E-state index >= 15 is 0 Å². The summed E-state index contributed by atoms with van der Waals surface area (Å²) >= 11 is 7.77. The van der Waals surface area contributed by atoms with E-state index < -0.39 is 5.97 Å². The molecule has 0 saturated carbocycles. The topological polar surface area (TPSA) is 106 Å². The first-order valence-electron chi connectivity index (χ1n) is 11.8. The lowest BCUT2D eigenvalue weighted by molar-refractivity contribution is -0.115. The van der Waals surface area contributed by atoms with Crippen molar-refractivity contribution in [2.45, 2.75) is 20.5 Å². The number of nitrogens with zero attached hydrogens (tertiary/aromatic N) is 1. The third kappa shape index (κ3) is 6.87. The van der Waals surface area contributed by atoms with Gasteiger partial charge < -0.3 is 24.6 Å². The largest absolute Gasteiger partial charge is 0.494 e. The molecule has 0 bridgehead atoms. The maximum Gasteiger partial charge on any atom is 0.335 e. The van der Waals surface area contributed by atoms with E-state index in [-0.39, 0.29) is 18.1 Å². The van der Waals surface area contributed by atoms with Gasteiger partial charge >= 0.3 is 5.97 Å². The molecule has 8 nitrogen and oxygen atoms in total. The number of hydrogen-bond acceptors (Lipinski definition) is 7. The summed E-state index contributed by atoms with van der Waals surface area (Å²) < 4.78 is 17.1. The van der Waals surface area contributed by atoms with E-state index in [0.717, 1.165) is 11.3 Å². The van der Waals surface area contributed by atoms with E-state index in [4.69, 9.17) is 30.9 Å². The van der Waals surface area contributed by atoms with E-state index in [9.17, 15) is 9.59 Å². The van der Waals surface area contributed by atoms with Crippen molar-refractivity contribution in [3.8, 4) is 17.2 Å². The maximum atomic E-state index is 12.6. The first-order chi connectivity index (χ1) is 18.4. The molecular weight excluding hydrogens is 528 g/mol. The number of aromatic carboxylic acids is 1. The fourth-order valence-corrected chi connectivity index (χ4v) is 4.62. The van der Waals surface area contributed by atoms with E-state index in [1.54, 1.807) is 30.3 Å². The summed E-state index contributed by atoms with van der Waals surface area (Å²) in [7, 11) is 0. The third-order valence-corrected chi connectivity index (χ3v) is 6.43. The molecule has 1 saturated heterocycles. The Morgan fingerprint density at radius 1 is 1.03 bits per heavy atom. The lowest BCUT2D eigenvalue weighted by atomic mass is 10.1. The summed E-state index contributed by atoms with van der Waals surface area (Å²) in [5.41, 5.74) is 2.33. The van der Waals surface area contributed by atoms with Gasteiger partial charge in [0.1, 0.15) is 12.4 Å². The molecule has 0 radical (unpaired) electrons. The molecule has 1 fully saturated rings. The van der Waals surface area contributed by atoms with Crippen molar-refractivity contribution in [3.05, 3.63) is 87.3 Å². The van der Waals surface area contributed by atoms with Crippen molar-refractivity contribution in [2.24, 2.45) is 4.99 Å². The smallest absolute Gasteiger partial charge is 0.335 e. The van der Waals surface area contributed by atoms with Gasteiger partial charge in [-0.05, 0) is 91.3 Å². The SMILES string of the molecule is CCOc1ccc(N=C2NC(=O)/C(=C\c3cc(Cl)c(OCc4ccc(C(=O)O)cc4)c(OCC)c3)S2)cc1. The molecule has 0 unspecified atom stereocenters. The Balaban J connectivity index is 1.50. The van der Waals surface area contributed by atoms with Gasteiger partial charge in [-0.2, -0.15) is 0 Å². The second-order valence-electron chi connectivity index (χ2n) is 7.96. The first-order valence-corrected chi connectivity index (χ1v) is 13.0. The van der Waals surface area contributed by atoms with E-state index in [1.807, 2.05) is 38.1 Å². The van der Waals surface area contributed by atoms with Gasteiger partial charge in [0.25, 0.3) is 5.91 Å². The number of carbonyl (C=O) groups is 2. The number of halogens is 1. The number of amides is 1. The number of benzene rings is 3. The van der Waals surface area contributed by atoms with Crippen molar-refractivity contribution in [3.63, 3.8) is 0 Å². The Morgan fingerprint density at radius 2 is 1.74 bits per heavy atom. The number of carbonyl (C=O) groups excluding carboxylic acids is 1. The van der Waals surface area contributed by atoms with Gasteiger partial charge in [-0.25, -0.2) is 9.79 Å². The van der Waals surface area contributed by atoms with Gasteiger partial charge in [0.2, 0.25) is 0 Å². The number of carboxylic acid groups (broad SMARTS) is 1. The van der Waals surface area contributed by atoms with Crippen LogP contribution in [0.15, 0.2) is 70.6 Å². The monoisotopic (exact) mass is 552 g/mol. The number of rotatable bonds is 10. The predicted molar refractivity (Wildman–Crippen MR) is 149 cm³/mol. The van der Waals surface area contributed by atoms with Crippen LogP contribution in [-0.2, 0) is 11.4 Å². The van der Waals surface area contributed by atoms with Gasteiger partial charge in [-0.1, -0.05) is 23.7 Å². The van der Waals surface area contributed by atoms with Crippen molar-refractivity contribution in [1.82, 2.24) is 5.32 Å². The maximum absolute atomic E-state index is 12.6. The van der Waals surface area contributed by atoms with E-state index in [2.05, 4.69) is 10.3 Å². The highest BCUT2D eigenvalue weighted by atomic mass is 35.5. The molecule has 0 spiro atoms. The molecule has 0 atom stereocenters. The van der Waals surface area contributed by atoms with Crippen LogP contribution in [0.2, 0.25) is 5.02 Å². The van der Waals surface area contributed by atoms with E-state index in [0.29, 0.717) is 51.1 Å². The van der Waals surface area contributed by atoms with Crippen LogP contribution in [0.1, 0.15) is 35.3 Å². The molecule has 0 aliphatic carbocycles. The average Bonchev–Trinajstić information content (AvgIpc) is 3.23. The number of aliphatic imine (C=N–C) groups is 1. The Labute approximate surface area is 229 Å². The molecule has 1 heterocycles.